The molecule has 0 saturated carbocycles. The lowest BCUT2D eigenvalue weighted by Gasteiger charge is -2.07. The van der Waals surface area contributed by atoms with E-state index in [2.05, 4.69) is 10.3 Å². The van der Waals surface area contributed by atoms with Gasteiger partial charge in [-0.1, -0.05) is 35.0 Å². The normalized spacial score (nSPS) is 10.4. The van der Waals surface area contributed by atoms with Crippen LogP contribution in [-0.2, 0) is 0 Å². The van der Waals surface area contributed by atoms with Crippen LogP contribution in [0.4, 0.5) is 11.5 Å². The van der Waals surface area contributed by atoms with Crippen molar-refractivity contribution >= 4 is 46.5 Å². The van der Waals surface area contributed by atoms with Crippen molar-refractivity contribution in [2.24, 2.45) is 0 Å². The molecule has 8 heteroatoms. The average molecular weight is 344 g/mol. The number of nitrogens with zero attached hydrogens (tertiary/aromatic N) is 2. The van der Waals surface area contributed by atoms with Crippen molar-refractivity contribution in [3.8, 4) is 0 Å². The number of hydrogen-bond donors (Lipinski definition) is 1. The van der Waals surface area contributed by atoms with Gasteiger partial charge in [0, 0.05) is 22.5 Å². The maximum absolute atomic E-state index is 11.1. The van der Waals surface area contributed by atoms with Crippen LogP contribution < -0.4 is 5.32 Å². The summed E-state index contributed by atoms with van der Waals surface area (Å²) < 4.78 is 0. The Morgan fingerprint density at radius 1 is 1.33 bits per heavy atom. The molecule has 2 aromatic rings. The Kier molecular flexibility index (Phi) is 5.27. The number of benzene rings is 1. The monoisotopic (exact) mass is 343 g/mol. The lowest BCUT2D eigenvalue weighted by atomic mass is 10.4. The molecular weight excluding hydrogens is 333 g/mol. The summed E-state index contributed by atoms with van der Waals surface area (Å²) in [6, 6.07) is 7.95. The van der Waals surface area contributed by atoms with Crippen LogP contribution in [0.25, 0.3) is 0 Å². The summed E-state index contributed by atoms with van der Waals surface area (Å²) in [5.74, 6) is 0.573. The van der Waals surface area contributed by atoms with Gasteiger partial charge in [0.05, 0.1) is 9.95 Å². The first-order chi connectivity index (χ1) is 10.0. The van der Waals surface area contributed by atoms with Gasteiger partial charge < -0.3 is 5.32 Å². The zero-order valence-electron chi connectivity index (χ0n) is 11.0. The van der Waals surface area contributed by atoms with E-state index < -0.39 is 4.92 Å². The first kappa shape index (κ1) is 15.9. The molecule has 0 aliphatic heterocycles. The van der Waals surface area contributed by atoms with Crippen LogP contribution in [-0.4, -0.2) is 16.5 Å². The predicted molar refractivity (Wildman–Crippen MR) is 85.6 cm³/mol. The highest BCUT2D eigenvalue weighted by Crippen LogP contribution is 2.38. The van der Waals surface area contributed by atoms with Gasteiger partial charge in [-0.2, -0.15) is 0 Å². The van der Waals surface area contributed by atoms with E-state index in [1.54, 1.807) is 24.3 Å². The number of anilines is 1. The quantitative estimate of drug-likeness (QED) is 0.618. The Bertz CT molecular complexity index is 682. The van der Waals surface area contributed by atoms with E-state index in [0.717, 1.165) is 11.8 Å². The van der Waals surface area contributed by atoms with E-state index in [9.17, 15) is 10.1 Å². The second-order valence-corrected chi connectivity index (χ2v) is 5.86. The molecule has 1 aromatic heterocycles. The highest BCUT2D eigenvalue weighted by molar-refractivity contribution is 7.99. The number of aromatic nitrogens is 1. The fourth-order valence-corrected chi connectivity index (χ4v) is 3.01. The minimum absolute atomic E-state index is 0.0716. The molecule has 110 valence electrons. The van der Waals surface area contributed by atoms with Gasteiger partial charge in [0.1, 0.15) is 5.82 Å². The van der Waals surface area contributed by atoms with Gasteiger partial charge in [0.2, 0.25) is 0 Å². The first-order valence-electron chi connectivity index (χ1n) is 6.03. The van der Waals surface area contributed by atoms with Gasteiger partial charge in [0.25, 0.3) is 0 Å². The second kappa shape index (κ2) is 6.98. The third-order valence-corrected chi connectivity index (χ3v) is 4.22. The van der Waals surface area contributed by atoms with Crippen LogP contribution in [0.15, 0.2) is 40.3 Å². The topological polar surface area (TPSA) is 68.1 Å². The van der Waals surface area contributed by atoms with E-state index in [1.807, 2.05) is 6.92 Å². The standard InChI is InChI=1S/C13H11Cl2N3O2S/c1-2-16-12-6-5-10(18(19)20)13(17-12)21-11-7-8(14)3-4-9(11)15/h3-7H,2H2,1H3,(H,16,17). The van der Waals surface area contributed by atoms with Crippen molar-refractivity contribution in [2.75, 3.05) is 11.9 Å². The molecule has 0 amide bonds. The SMILES string of the molecule is CCNc1ccc([N+](=O)[O-])c(Sc2cc(Cl)ccc2Cl)n1. The van der Waals surface area contributed by atoms with Gasteiger partial charge >= 0.3 is 5.69 Å². The van der Waals surface area contributed by atoms with Crippen molar-refractivity contribution in [3.63, 3.8) is 0 Å². The molecule has 0 saturated heterocycles. The number of hydrogen-bond acceptors (Lipinski definition) is 5. The molecule has 1 aromatic carbocycles. The van der Waals surface area contributed by atoms with Crippen LogP contribution in [0.5, 0.6) is 0 Å². The molecule has 5 nitrogen and oxygen atoms in total. The van der Waals surface area contributed by atoms with Crippen LogP contribution >= 0.6 is 35.0 Å². The number of nitrogens with one attached hydrogen (secondary N) is 1. The Labute approximate surface area is 135 Å². The summed E-state index contributed by atoms with van der Waals surface area (Å²) in [6.45, 7) is 2.59. The van der Waals surface area contributed by atoms with Crippen LogP contribution in [0.2, 0.25) is 10.0 Å². The molecule has 0 fully saturated rings. The Hall–Kier alpha value is -1.50. The number of nitro groups is 1. The molecule has 0 atom stereocenters. The fraction of sp³-hybridized carbons (Fsp3) is 0.154. The molecule has 0 spiro atoms. The summed E-state index contributed by atoms with van der Waals surface area (Å²) >= 11 is 13.1. The van der Waals surface area contributed by atoms with Gasteiger partial charge in [-0.25, -0.2) is 4.98 Å². The third kappa shape index (κ3) is 4.00. The van der Waals surface area contributed by atoms with Crippen molar-refractivity contribution in [2.45, 2.75) is 16.8 Å². The Morgan fingerprint density at radius 3 is 2.76 bits per heavy atom. The van der Waals surface area contributed by atoms with Gasteiger partial charge in [-0.15, -0.1) is 0 Å². The van der Waals surface area contributed by atoms with Gasteiger partial charge in [-0.05, 0) is 31.2 Å². The largest absolute Gasteiger partial charge is 0.370 e. The number of halogens is 2. The maximum atomic E-state index is 11.1. The van der Waals surface area contributed by atoms with E-state index in [-0.39, 0.29) is 10.7 Å². The average Bonchev–Trinajstić information content (AvgIpc) is 2.43. The highest BCUT2D eigenvalue weighted by atomic mass is 35.5. The zero-order chi connectivity index (χ0) is 15.4. The molecule has 0 bridgehead atoms. The second-order valence-electron chi connectivity index (χ2n) is 3.99. The molecule has 1 N–H and O–H groups in total. The van der Waals surface area contributed by atoms with Crippen LogP contribution in [0.1, 0.15) is 6.92 Å². The summed E-state index contributed by atoms with van der Waals surface area (Å²) in [7, 11) is 0. The first-order valence-corrected chi connectivity index (χ1v) is 7.60. The molecule has 0 aliphatic rings. The Balaban J connectivity index is 2.43. The van der Waals surface area contributed by atoms with E-state index in [0.29, 0.717) is 27.3 Å². The highest BCUT2D eigenvalue weighted by Gasteiger charge is 2.18. The molecule has 0 radical (unpaired) electrons. The van der Waals surface area contributed by atoms with Crippen molar-refractivity contribution in [3.05, 3.63) is 50.5 Å². The molecule has 0 aliphatic carbocycles. The van der Waals surface area contributed by atoms with Gasteiger partial charge in [0.15, 0.2) is 5.03 Å². The minimum Gasteiger partial charge on any atom is -0.370 e. The minimum atomic E-state index is -0.469. The van der Waals surface area contributed by atoms with Gasteiger partial charge in [-0.3, -0.25) is 10.1 Å². The zero-order valence-corrected chi connectivity index (χ0v) is 13.3. The number of rotatable bonds is 5. The molecule has 0 unspecified atom stereocenters. The molecule has 1 heterocycles. The third-order valence-electron chi connectivity index (χ3n) is 2.49. The summed E-state index contributed by atoms with van der Waals surface area (Å²) in [5.41, 5.74) is -0.0716. The molecule has 21 heavy (non-hydrogen) atoms. The lowest BCUT2D eigenvalue weighted by molar-refractivity contribution is -0.388. The van der Waals surface area contributed by atoms with Crippen molar-refractivity contribution in [1.82, 2.24) is 4.98 Å². The summed E-state index contributed by atoms with van der Waals surface area (Å²) in [5, 5.41) is 15.4. The summed E-state index contributed by atoms with van der Waals surface area (Å²) in [4.78, 5) is 15.5. The van der Waals surface area contributed by atoms with E-state index in [4.69, 9.17) is 23.2 Å². The fourth-order valence-electron chi connectivity index (χ4n) is 1.59. The van der Waals surface area contributed by atoms with E-state index in [1.165, 1.54) is 6.07 Å². The summed E-state index contributed by atoms with van der Waals surface area (Å²) in [6.07, 6.45) is 0. The molecular formula is C13H11Cl2N3O2S. The predicted octanol–water partition coefficient (Wildman–Crippen LogP) is 4.88. The lowest BCUT2D eigenvalue weighted by Crippen LogP contribution is -2.01. The smallest absolute Gasteiger partial charge is 0.301 e. The van der Waals surface area contributed by atoms with E-state index >= 15 is 0 Å². The van der Waals surface area contributed by atoms with Crippen LogP contribution in [0.3, 0.4) is 0 Å². The van der Waals surface area contributed by atoms with Crippen LogP contribution in [0, 0.1) is 10.1 Å². The van der Waals surface area contributed by atoms with Crippen molar-refractivity contribution in [1.29, 1.82) is 0 Å². The van der Waals surface area contributed by atoms with Crippen molar-refractivity contribution < 1.29 is 4.92 Å². The molecule has 2 rings (SSSR count). The maximum Gasteiger partial charge on any atom is 0.301 e. The Morgan fingerprint density at radius 2 is 2.10 bits per heavy atom. The number of pyridine rings is 1.